The molecule has 0 fully saturated rings. The zero-order valence-corrected chi connectivity index (χ0v) is 18.7. The summed E-state index contributed by atoms with van der Waals surface area (Å²) in [6, 6.07) is 11.9. The van der Waals surface area contributed by atoms with Crippen molar-refractivity contribution in [3.8, 4) is 17.0 Å². The first-order valence-electron chi connectivity index (χ1n) is 10.5. The zero-order valence-electron chi connectivity index (χ0n) is 17.9. The number of hydrogen-bond donors (Lipinski definition) is 2. The molecule has 0 aliphatic heterocycles. The maximum Gasteiger partial charge on any atom is 0.258 e. The number of rotatable bonds is 7. The summed E-state index contributed by atoms with van der Waals surface area (Å²) in [7, 11) is 0. The van der Waals surface area contributed by atoms with Gasteiger partial charge in [0.25, 0.3) is 5.91 Å². The number of aromatic nitrogens is 4. The van der Waals surface area contributed by atoms with Gasteiger partial charge in [-0.3, -0.25) is 9.78 Å². The highest BCUT2D eigenvalue weighted by Gasteiger charge is 2.19. The molecule has 0 saturated carbocycles. The van der Waals surface area contributed by atoms with Gasteiger partial charge in [-0.25, -0.2) is 9.67 Å². The Labute approximate surface area is 191 Å². The van der Waals surface area contributed by atoms with Gasteiger partial charge >= 0.3 is 0 Å². The quantitative estimate of drug-likeness (QED) is 0.386. The second kappa shape index (κ2) is 9.36. The molecule has 0 atom stereocenters. The molecule has 3 aromatic heterocycles. The third kappa shape index (κ3) is 4.73. The van der Waals surface area contributed by atoms with E-state index in [0.717, 1.165) is 18.4 Å². The van der Waals surface area contributed by atoms with E-state index in [1.54, 1.807) is 48.7 Å². The van der Waals surface area contributed by atoms with Crippen molar-refractivity contribution in [2.45, 2.75) is 33.2 Å². The molecule has 32 heavy (non-hydrogen) atoms. The number of phenolic OH excluding ortho intramolecular Hbond substituents is 1. The lowest BCUT2D eigenvalue weighted by Gasteiger charge is -2.08. The van der Waals surface area contributed by atoms with Crippen LogP contribution >= 0.6 is 11.6 Å². The summed E-state index contributed by atoms with van der Waals surface area (Å²) < 4.78 is 1.82. The number of aryl methyl sites for hydroxylation is 1. The first-order valence-corrected chi connectivity index (χ1v) is 10.9. The number of amides is 1. The Bertz CT molecular complexity index is 1240. The van der Waals surface area contributed by atoms with Crippen LogP contribution in [0.15, 0.2) is 54.9 Å². The smallest absolute Gasteiger partial charge is 0.258 e. The second-order valence-electron chi connectivity index (χ2n) is 8.04. The number of carbonyl (C=O) groups is 1. The third-order valence-corrected chi connectivity index (χ3v) is 5.41. The number of pyridine rings is 2. The van der Waals surface area contributed by atoms with Crippen LogP contribution in [0.3, 0.4) is 0 Å². The van der Waals surface area contributed by atoms with Gasteiger partial charge in [0.1, 0.15) is 5.75 Å². The molecule has 0 aliphatic rings. The van der Waals surface area contributed by atoms with Gasteiger partial charge in [0.15, 0.2) is 11.5 Å². The van der Waals surface area contributed by atoms with Crippen LogP contribution in [-0.4, -0.2) is 30.8 Å². The van der Waals surface area contributed by atoms with E-state index in [4.69, 9.17) is 16.6 Å². The number of halogens is 1. The summed E-state index contributed by atoms with van der Waals surface area (Å²) in [4.78, 5) is 21.5. The molecule has 1 amide bonds. The molecule has 0 unspecified atom stereocenters. The summed E-state index contributed by atoms with van der Waals surface area (Å²) in [6.07, 6.45) is 5.11. The summed E-state index contributed by atoms with van der Waals surface area (Å²) in [6.45, 7) is 5.03. The van der Waals surface area contributed by atoms with Crippen LogP contribution in [0.4, 0.5) is 5.82 Å². The van der Waals surface area contributed by atoms with Crippen LogP contribution in [0, 0.1) is 5.92 Å². The van der Waals surface area contributed by atoms with E-state index in [-0.39, 0.29) is 11.7 Å². The van der Waals surface area contributed by atoms with Gasteiger partial charge in [-0.15, -0.1) is 0 Å². The van der Waals surface area contributed by atoms with Gasteiger partial charge in [0.2, 0.25) is 0 Å². The lowest BCUT2D eigenvalue weighted by molar-refractivity contribution is 0.102. The molecular formula is C24H24ClN5O2. The van der Waals surface area contributed by atoms with Crippen molar-refractivity contribution in [2.24, 2.45) is 5.92 Å². The van der Waals surface area contributed by atoms with E-state index >= 15 is 0 Å². The summed E-state index contributed by atoms with van der Waals surface area (Å²) >= 11 is 6.57. The number of nitrogens with one attached hydrogen (secondary N) is 1. The Kier molecular flexibility index (Phi) is 6.37. The molecule has 4 rings (SSSR count). The number of phenols is 1. The van der Waals surface area contributed by atoms with E-state index < -0.39 is 0 Å². The zero-order chi connectivity index (χ0) is 22.7. The lowest BCUT2D eigenvalue weighted by atomic mass is 10.1. The number of carbonyl (C=O) groups excluding carboxylic acids is 1. The van der Waals surface area contributed by atoms with Gasteiger partial charge in [-0.05, 0) is 61.2 Å². The molecule has 3 heterocycles. The van der Waals surface area contributed by atoms with Gasteiger partial charge in [0.05, 0.1) is 21.7 Å². The number of aromatic hydroxyl groups is 1. The highest BCUT2D eigenvalue weighted by Crippen LogP contribution is 2.33. The molecule has 2 N–H and O–H groups in total. The molecule has 7 nitrogen and oxygen atoms in total. The molecule has 0 saturated heterocycles. The summed E-state index contributed by atoms with van der Waals surface area (Å²) in [5.74, 6) is 0.859. The maximum absolute atomic E-state index is 12.7. The van der Waals surface area contributed by atoms with Gasteiger partial charge in [0, 0.05) is 24.5 Å². The number of fused-ring (bicyclic) bond motifs is 1. The topological polar surface area (TPSA) is 92.9 Å². The number of hydrogen-bond acceptors (Lipinski definition) is 5. The van der Waals surface area contributed by atoms with Crippen molar-refractivity contribution in [1.29, 1.82) is 0 Å². The van der Waals surface area contributed by atoms with Crippen LogP contribution < -0.4 is 5.32 Å². The predicted molar refractivity (Wildman–Crippen MR) is 126 cm³/mol. The van der Waals surface area contributed by atoms with E-state index in [0.29, 0.717) is 45.6 Å². The molecule has 0 aliphatic carbocycles. The minimum absolute atomic E-state index is 0.171. The molecule has 0 spiro atoms. The lowest BCUT2D eigenvalue weighted by Crippen LogP contribution is -2.13. The average molecular weight is 450 g/mol. The minimum Gasteiger partial charge on any atom is -0.508 e. The van der Waals surface area contributed by atoms with Crippen molar-refractivity contribution in [3.63, 3.8) is 0 Å². The molecule has 164 valence electrons. The van der Waals surface area contributed by atoms with E-state index in [9.17, 15) is 9.90 Å². The van der Waals surface area contributed by atoms with Crippen molar-refractivity contribution in [3.05, 3.63) is 65.4 Å². The Balaban J connectivity index is 1.75. The minimum atomic E-state index is -0.300. The molecule has 1 aromatic carbocycles. The second-order valence-corrected chi connectivity index (χ2v) is 8.45. The van der Waals surface area contributed by atoms with Crippen molar-refractivity contribution >= 4 is 34.4 Å². The molecule has 0 bridgehead atoms. The van der Waals surface area contributed by atoms with Crippen LogP contribution in [0.25, 0.3) is 22.3 Å². The normalized spacial score (nSPS) is 11.2. The van der Waals surface area contributed by atoms with Gasteiger partial charge in [-0.1, -0.05) is 25.4 Å². The fourth-order valence-electron chi connectivity index (χ4n) is 3.47. The SMILES string of the molecule is CC(C)CCCn1nc(NC(=O)c2cccnc2)c2cc(Cl)c(-c3ccc(O)cc3)nc21. The third-order valence-electron chi connectivity index (χ3n) is 5.12. The monoisotopic (exact) mass is 449 g/mol. The van der Waals surface area contributed by atoms with Crippen molar-refractivity contribution in [2.75, 3.05) is 5.32 Å². The van der Waals surface area contributed by atoms with E-state index in [1.807, 2.05) is 4.68 Å². The first kappa shape index (κ1) is 21.8. The summed E-state index contributed by atoms with van der Waals surface area (Å²) in [5.41, 5.74) is 2.46. The first-order chi connectivity index (χ1) is 15.4. The Hall–Kier alpha value is -3.45. The molecular weight excluding hydrogens is 426 g/mol. The molecule has 0 radical (unpaired) electrons. The fraction of sp³-hybridized carbons (Fsp3) is 0.250. The Morgan fingerprint density at radius 2 is 2.00 bits per heavy atom. The van der Waals surface area contributed by atoms with Gasteiger partial charge < -0.3 is 10.4 Å². The largest absolute Gasteiger partial charge is 0.508 e. The van der Waals surface area contributed by atoms with Crippen LogP contribution in [0.5, 0.6) is 5.75 Å². The van der Waals surface area contributed by atoms with Crippen LogP contribution in [0.1, 0.15) is 37.0 Å². The van der Waals surface area contributed by atoms with E-state index in [1.165, 1.54) is 6.20 Å². The Morgan fingerprint density at radius 1 is 1.22 bits per heavy atom. The van der Waals surface area contributed by atoms with Gasteiger partial charge in [-0.2, -0.15) is 5.10 Å². The number of anilines is 1. The fourth-order valence-corrected chi connectivity index (χ4v) is 3.73. The van der Waals surface area contributed by atoms with Crippen LogP contribution in [0.2, 0.25) is 5.02 Å². The summed E-state index contributed by atoms with van der Waals surface area (Å²) in [5, 5.41) is 18.2. The predicted octanol–water partition coefficient (Wildman–Crippen LogP) is 5.54. The van der Waals surface area contributed by atoms with Crippen molar-refractivity contribution < 1.29 is 9.90 Å². The Morgan fingerprint density at radius 3 is 2.69 bits per heavy atom. The van der Waals surface area contributed by atoms with Crippen molar-refractivity contribution in [1.82, 2.24) is 19.7 Å². The maximum atomic E-state index is 12.7. The molecule has 8 heteroatoms. The average Bonchev–Trinajstić information content (AvgIpc) is 3.10. The van der Waals surface area contributed by atoms with E-state index in [2.05, 4.69) is 29.2 Å². The number of nitrogens with zero attached hydrogens (tertiary/aromatic N) is 4. The molecule has 4 aromatic rings. The number of benzene rings is 1. The highest BCUT2D eigenvalue weighted by molar-refractivity contribution is 6.34. The standard InChI is InChI=1S/C24H24ClN5O2/c1-15(2)5-4-12-30-23-19(22(29-30)28-24(32)17-6-3-11-26-14-17)13-20(25)21(27-23)16-7-9-18(31)10-8-16/h3,6-11,13-15,31H,4-5,12H2,1-2H3,(H,28,29,32). The highest BCUT2D eigenvalue weighted by atomic mass is 35.5. The van der Waals surface area contributed by atoms with Crippen LogP contribution in [-0.2, 0) is 6.54 Å².